The van der Waals surface area contributed by atoms with Crippen molar-refractivity contribution in [1.29, 1.82) is 0 Å². The fraction of sp³-hybridized carbons (Fsp3) is 0.150. The third-order valence-electron chi connectivity index (χ3n) is 3.84. The highest BCUT2D eigenvalue weighted by Crippen LogP contribution is 2.28. The van der Waals surface area contributed by atoms with Gasteiger partial charge < -0.3 is 14.2 Å². The summed E-state index contributed by atoms with van der Waals surface area (Å²) in [5, 5.41) is 11.9. The maximum Gasteiger partial charge on any atom is 0.261 e. The van der Waals surface area contributed by atoms with Crippen LogP contribution in [0.25, 0.3) is 12.2 Å². The summed E-state index contributed by atoms with van der Waals surface area (Å²) in [6, 6.07) is 12.6. The van der Waals surface area contributed by atoms with Gasteiger partial charge in [-0.15, -0.1) is 10.2 Å². The predicted molar refractivity (Wildman–Crippen MR) is 109 cm³/mol. The summed E-state index contributed by atoms with van der Waals surface area (Å²) in [6.07, 6.45) is 3.70. The smallest absolute Gasteiger partial charge is 0.261 e. The van der Waals surface area contributed by atoms with E-state index in [1.807, 2.05) is 30.4 Å². The van der Waals surface area contributed by atoms with E-state index in [-0.39, 0.29) is 5.91 Å². The number of methoxy groups -OCH3 is 3. The average molecular weight is 397 g/mol. The van der Waals surface area contributed by atoms with Crippen molar-refractivity contribution in [3.63, 3.8) is 0 Å². The molecule has 144 valence electrons. The highest BCUT2D eigenvalue weighted by Gasteiger charge is 2.13. The lowest BCUT2D eigenvalue weighted by Crippen LogP contribution is -2.12. The van der Waals surface area contributed by atoms with Gasteiger partial charge in [-0.25, -0.2) is 0 Å². The lowest BCUT2D eigenvalue weighted by molar-refractivity contribution is 0.102. The molecule has 7 nitrogen and oxygen atoms in total. The molecule has 1 amide bonds. The molecule has 0 bridgehead atoms. The fourth-order valence-electron chi connectivity index (χ4n) is 2.47. The first kappa shape index (κ1) is 19.4. The topological polar surface area (TPSA) is 82.6 Å². The van der Waals surface area contributed by atoms with Crippen LogP contribution in [0.15, 0.2) is 42.5 Å². The molecule has 0 fully saturated rings. The minimum atomic E-state index is -0.302. The molecule has 1 N–H and O–H groups in total. The van der Waals surface area contributed by atoms with Crippen LogP contribution in [0.2, 0.25) is 0 Å². The van der Waals surface area contributed by atoms with E-state index in [0.29, 0.717) is 33.0 Å². The van der Waals surface area contributed by atoms with Gasteiger partial charge in [0.05, 0.1) is 26.9 Å². The van der Waals surface area contributed by atoms with Gasteiger partial charge in [-0.1, -0.05) is 35.6 Å². The molecule has 0 saturated heterocycles. The third kappa shape index (κ3) is 4.47. The third-order valence-corrected chi connectivity index (χ3v) is 4.64. The van der Waals surface area contributed by atoms with Crippen LogP contribution >= 0.6 is 11.3 Å². The molecule has 0 aliphatic rings. The van der Waals surface area contributed by atoms with Crippen molar-refractivity contribution in [2.75, 3.05) is 26.6 Å². The Balaban J connectivity index is 1.70. The van der Waals surface area contributed by atoms with E-state index in [4.69, 9.17) is 14.2 Å². The number of carbonyl (C=O) groups is 1. The Morgan fingerprint density at radius 1 is 0.929 bits per heavy atom. The zero-order valence-corrected chi connectivity index (χ0v) is 16.4. The zero-order valence-electron chi connectivity index (χ0n) is 15.6. The van der Waals surface area contributed by atoms with Crippen LogP contribution in [0.5, 0.6) is 17.2 Å². The molecular formula is C20H19N3O4S. The highest BCUT2D eigenvalue weighted by atomic mass is 32.1. The van der Waals surface area contributed by atoms with Crippen molar-refractivity contribution < 1.29 is 19.0 Å². The molecule has 3 aromatic rings. The zero-order chi connectivity index (χ0) is 19.9. The van der Waals surface area contributed by atoms with Crippen molar-refractivity contribution in [1.82, 2.24) is 10.2 Å². The molecule has 0 aliphatic heterocycles. The van der Waals surface area contributed by atoms with Crippen LogP contribution in [-0.2, 0) is 0 Å². The van der Waals surface area contributed by atoms with Crippen molar-refractivity contribution in [3.8, 4) is 17.2 Å². The van der Waals surface area contributed by atoms with Crippen molar-refractivity contribution in [3.05, 3.63) is 58.6 Å². The van der Waals surface area contributed by atoms with E-state index in [1.165, 1.54) is 18.4 Å². The number of rotatable bonds is 7. The fourth-order valence-corrected chi connectivity index (χ4v) is 3.11. The molecule has 0 unspecified atom stereocenters. The number of ether oxygens (including phenoxy) is 3. The van der Waals surface area contributed by atoms with Crippen molar-refractivity contribution in [2.45, 2.75) is 0 Å². The lowest BCUT2D eigenvalue weighted by atomic mass is 10.2. The minimum absolute atomic E-state index is 0.302. The van der Waals surface area contributed by atoms with Gasteiger partial charge in [0.1, 0.15) is 10.8 Å². The number of nitrogens with zero attached hydrogens (tertiary/aromatic N) is 2. The Labute approximate surface area is 166 Å². The van der Waals surface area contributed by atoms with Crippen molar-refractivity contribution in [2.24, 2.45) is 0 Å². The van der Waals surface area contributed by atoms with Gasteiger partial charge in [0, 0.05) is 0 Å². The number of anilines is 1. The first-order valence-electron chi connectivity index (χ1n) is 8.32. The summed E-state index contributed by atoms with van der Waals surface area (Å²) in [5.74, 6) is 1.51. The molecule has 0 atom stereocenters. The van der Waals surface area contributed by atoms with Gasteiger partial charge in [0.2, 0.25) is 5.13 Å². The highest BCUT2D eigenvalue weighted by molar-refractivity contribution is 7.16. The Morgan fingerprint density at radius 3 is 2.43 bits per heavy atom. The number of hydrogen-bond donors (Lipinski definition) is 1. The van der Waals surface area contributed by atoms with Crippen LogP contribution in [0.3, 0.4) is 0 Å². The maximum atomic E-state index is 12.4. The SMILES string of the molecule is COc1ccc(C=Cc2nnc(NC(=O)c3ccccc3OC)s2)cc1OC. The van der Waals surface area contributed by atoms with E-state index in [9.17, 15) is 4.79 Å². The maximum absolute atomic E-state index is 12.4. The molecule has 1 aromatic heterocycles. The normalized spacial score (nSPS) is 10.7. The molecule has 0 saturated carbocycles. The predicted octanol–water partition coefficient (Wildman–Crippen LogP) is 3.99. The number of benzene rings is 2. The van der Waals surface area contributed by atoms with Gasteiger partial charge in [0.25, 0.3) is 5.91 Å². The van der Waals surface area contributed by atoms with Gasteiger partial charge in [0.15, 0.2) is 11.5 Å². The number of hydrogen-bond acceptors (Lipinski definition) is 7. The van der Waals surface area contributed by atoms with Crippen LogP contribution in [0, 0.1) is 0 Å². The van der Waals surface area contributed by atoms with E-state index in [2.05, 4.69) is 15.5 Å². The number of amides is 1. The first-order valence-corrected chi connectivity index (χ1v) is 9.14. The summed E-state index contributed by atoms with van der Waals surface area (Å²) in [5.41, 5.74) is 1.36. The van der Waals surface area contributed by atoms with E-state index < -0.39 is 0 Å². The Bertz CT molecular complexity index is 1000. The average Bonchev–Trinajstić information content (AvgIpc) is 3.19. The van der Waals surface area contributed by atoms with Crippen LogP contribution in [0.1, 0.15) is 20.9 Å². The summed E-state index contributed by atoms with van der Waals surface area (Å²) in [4.78, 5) is 12.4. The molecular weight excluding hydrogens is 378 g/mol. The molecule has 28 heavy (non-hydrogen) atoms. The Hall–Kier alpha value is -3.39. The number of aromatic nitrogens is 2. The number of nitrogens with one attached hydrogen (secondary N) is 1. The van der Waals surface area contributed by atoms with Gasteiger partial charge >= 0.3 is 0 Å². The summed E-state index contributed by atoms with van der Waals surface area (Å²) >= 11 is 1.27. The number of para-hydroxylation sites is 1. The van der Waals surface area contributed by atoms with Gasteiger partial charge in [-0.2, -0.15) is 0 Å². The monoisotopic (exact) mass is 397 g/mol. The quantitative estimate of drug-likeness (QED) is 0.649. The lowest BCUT2D eigenvalue weighted by Gasteiger charge is -2.07. The van der Waals surface area contributed by atoms with E-state index in [0.717, 1.165) is 5.56 Å². The molecule has 0 aliphatic carbocycles. The van der Waals surface area contributed by atoms with Gasteiger partial charge in [-0.3, -0.25) is 10.1 Å². The number of carbonyl (C=O) groups excluding carboxylic acids is 1. The molecule has 0 spiro atoms. The van der Waals surface area contributed by atoms with Crippen LogP contribution in [-0.4, -0.2) is 37.4 Å². The Morgan fingerprint density at radius 2 is 1.68 bits per heavy atom. The standard InChI is InChI=1S/C20H19N3O4S/c1-25-15-7-5-4-6-14(15)19(24)21-20-23-22-18(28-20)11-9-13-8-10-16(26-2)17(12-13)27-3/h4-12H,1-3H3,(H,21,23,24). The second kappa shape index (κ2) is 9.01. The van der Waals surface area contributed by atoms with Crippen LogP contribution < -0.4 is 19.5 Å². The molecule has 0 radical (unpaired) electrons. The van der Waals surface area contributed by atoms with Gasteiger partial charge in [-0.05, 0) is 35.9 Å². The summed E-state index contributed by atoms with van der Waals surface area (Å²) in [7, 11) is 4.70. The molecule has 2 aromatic carbocycles. The molecule has 8 heteroatoms. The van der Waals surface area contributed by atoms with E-state index in [1.54, 1.807) is 38.5 Å². The minimum Gasteiger partial charge on any atom is -0.496 e. The molecule has 3 rings (SSSR count). The Kier molecular flexibility index (Phi) is 6.23. The summed E-state index contributed by atoms with van der Waals surface area (Å²) < 4.78 is 15.7. The summed E-state index contributed by atoms with van der Waals surface area (Å²) in [6.45, 7) is 0. The molecule has 1 heterocycles. The second-order valence-corrected chi connectivity index (χ2v) is 6.56. The largest absolute Gasteiger partial charge is 0.496 e. The first-order chi connectivity index (χ1) is 13.6. The van der Waals surface area contributed by atoms with Crippen LogP contribution in [0.4, 0.5) is 5.13 Å². The second-order valence-electron chi connectivity index (χ2n) is 5.55. The van der Waals surface area contributed by atoms with E-state index >= 15 is 0 Å². The van der Waals surface area contributed by atoms with Crippen molar-refractivity contribution >= 4 is 34.5 Å².